The van der Waals surface area contributed by atoms with Crippen molar-refractivity contribution < 1.29 is 4.74 Å². The zero-order valence-electron chi connectivity index (χ0n) is 12.7. The third kappa shape index (κ3) is 3.52. The van der Waals surface area contributed by atoms with Gasteiger partial charge in [-0.3, -0.25) is 4.98 Å². The standard InChI is InChI=1S/C15H18BrN5O/c1-10-7-17-11(2)14(20-10)22-13-3-5-21(6-4-13)15-18-8-12(16)9-19-15/h7-9,13H,3-6H2,1-2H3. The first kappa shape index (κ1) is 15.1. The van der Waals surface area contributed by atoms with E-state index in [0.29, 0.717) is 5.88 Å². The van der Waals surface area contributed by atoms with E-state index < -0.39 is 0 Å². The van der Waals surface area contributed by atoms with Crippen LogP contribution in [0.3, 0.4) is 0 Å². The summed E-state index contributed by atoms with van der Waals surface area (Å²) >= 11 is 3.35. The topological polar surface area (TPSA) is 64.0 Å². The highest BCUT2D eigenvalue weighted by atomic mass is 79.9. The molecule has 2 aromatic rings. The number of nitrogens with zero attached hydrogens (tertiary/aromatic N) is 5. The van der Waals surface area contributed by atoms with Gasteiger partial charge in [-0.2, -0.15) is 0 Å². The van der Waals surface area contributed by atoms with E-state index in [0.717, 1.165) is 47.7 Å². The van der Waals surface area contributed by atoms with Gasteiger partial charge in [-0.1, -0.05) is 0 Å². The van der Waals surface area contributed by atoms with Gasteiger partial charge in [0, 0.05) is 44.5 Å². The maximum absolute atomic E-state index is 6.02. The first-order valence-electron chi connectivity index (χ1n) is 7.31. The Morgan fingerprint density at radius 3 is 2.45 bits per heavy atom. The van der Waals surface area contributed by atoms with E-state index in [4.69, 9.17) is 4.74 Å². The zero-order valence-corrected chi connectivity index (χ0v) is 14.2. The van der Waals surface area contributed by atoms with E-state index >= 15 is 0 Å². The number of piperidine rings is 1. The summed E-state index contributed by atoms with van der Waals surface area (Å²) in [6.07, 6.45) is 7.33. The Hall–Kier alpha value is -1.76. The van der Waals surface area contributed by atoms with E-state index in [1.165, 1.54) is 0 Å². The molecule has 2 aromatic heterocycles. The van der Waals surface area contributed by atoms with Gasteiger partial charge in [0.2, 0.25) is 11.8 Å². The molecule has 0 unspecified atom stereocenters. The minimum Gasteiger partial charge on any atom is -0.473 e. The molecular weight excluding hydrogens is 346 g/mol. The first-order chi connectivity index (χ1) is 10.6. The number of rotatable bonds is 3. The maximum Gasteiger partial charge on any atom is 0.235 e. The van der Waals surface area contributed by atoms with Gasteiger partial charge in [-0.05, 0) is 29.8 Å². The Morgan fingerprint density at radius 1 is 1.09 bits per heavy atom. The third-order valence-electron chi connectivity index (χ3n) is 3.64. The number of aryl methyl sites for hydroxylation is 2. The average Bonchev–Trinajstić information content (AvgIpc) is 2.53. The molecule has 0 bridgehead atoms. The number of ether oxygens (including phenoxy) is 1. The van der Waals surface area contributed by atoms with Crippen molar-refractivity contribution in [3.8, 4) is 5.88 Å². The number of hydrogen-bond donors (Lipinski definition) is 0. The molecule has 7 heteroatoms. The Kier molecular flexibility index (Phi) is 4.52. The van der Waals surface area contributed by atoms with Crippen LogP contribution in [-0.2, 0) is 0 Å². The SMILES string of the molecule is Cc1cnc(C)c(OC2CCN(c3ncc(Br)cn3)CC2)n1. The molecule has 0 N–H and O–H groups in total. The van der Waals surface area contributed by atoms with Crippen LogP contribution in [-0.4, -0.2) is 39.1 Å². The molecule has 0 aromatic carbocycles. The fourth-order valence-electron chi connectivity index (χ4n) is 2.43. The highest BCUT2D eigenvalue weighted by Crippen LogP contribution is 2.22. The van der Waals surface area contributed by atoms with Gasteiger partial charge >= 0.3 is 0 Å². The molecule has 0 aliphatic carbocycles. The summed E-state index contributed by atoms with van der Waals surface area (Å²) in [5.74, 6) is 1.42. The number of hydrogen-bond acceptors (Lipinski definition) is 6. The zero-order chi connectivity index (χ0) is 15.5. The Bertz CT molecular complexity index is 641. The van der Waals surface area contributed by atoms with Gasteiger partial charge in [-0.15, -0.1) is 0 Å². The average molecular weight is 364 g/mol. The maximum atomic E-state index is 6.02. The fraction of sp³-hybridized carbons (Fsp3) is 0.467. The largest absolute Gasteiger partial charge is 0.473 e. The molecule has 0 radical (unpaired) electrons. The van der Waals surface area contributed by atoms with Crippen molar-refractivity contribution in [2.24, 2.45) is 0 Å². The highest BCUT2D eigenvalue weighted by molar-refractivity contribution is 9.10. The summed E-state index contributed by atoms with van der Waals surface area (Å²) in [7, 11) is 0. The number of aromatic nitrogens is 4. The van der Waals surface area contributed by atoms with Gasteiger partial charge in [0.1, 0.15) is 6.10 Å². The first-order valence-corrected chi connectivity index (χ1v) is 8.10. The molecule has 1 saturated heterocycles. The molecule has 1 fully saturated rings. The Morgan fingerprint density at radius 2 is 1.77 bits per heavy atom. The van der Waals surface area contributed by atoms with E-state index in [1.54, 1.807) is 18.6 Å². The minimum absolute atomic E-state index is 0.168. The molecule has 6 nitrogen and oxygen atoms in total. The van der Waals surface area contributed by atoms with Crippen LogP contribution in [0.4, 0.5) is 5.95 Å². The molecule has 116 valence electrons. The minimum atomic E-state index is 0.168. The van der Waals surface area contributed by atoms with Gasteiger partial charge in [0.15, 0.2) is 0 Å². The quantitative estimate of drug-likeness (QED) is 0.835. The van der Waals surface area contributed by atoms with Gasteiger partial charge in [-0.25, -0.2) is 15.0 Å². The van der Waals surface area contributed by atoms with Gasteiger partial charge < -0.3 is 9.64 Å². The van der Waals surface area contributed by atoms with Crippen LogP contribution in [0.15, 0.2) is 23.1 Å². The lowest BCUT2D eigenvalue weighted by molar-refractivity contribution is 0.161. The second-order valence-corrected chi connectivity index (χ2v) is 6.32. The molecule has 22 heavy (non-hydrogen) atoms. The van der Waals surface area contributed by atoms with Crippen molar-refractivity contribution in [2.75, 3.05) is 18.0 Å². The van der Waals surface area contributed by atoms with Crippen LogP contribution < -0.4 is 9.64 Å². The van der Waals surface area contributed by atoms with Crippen LogP contribution >= 0.6 is 15.9 Å². The van der Waals surface area contributed by atoms with Gasteiger partial charge in [0.25, 0.3) is 0 Å². The monoisotopic (exact) mass is 363 g/mol. The van der Waals surface area contributed by atoms with Crippen LogP contribution in [0.25, 0.3) is 0 Å². The van der Waals surface area contributed by atoms with Crippen LogP contribution in [0.5, 0.6) is 5.88 Å². The smallest absolute Gasteiger partial charge is 0.235 e. The van der Waals surface area contributed by atoms with Crippen molar-refractivity contribution in [2.45, 2.75) is 32.8 Å². The summed E-state index contributed by atoms with van der Waals surface area (Å²) in [5, 5.41) is 0. The fourth-order valence-corrected chi connectivity index (χ4v) is 2.63. The van der Waals surface area contributed by atoms with Crippen LogP contribution in [0.2, 0.25) is 0 Å². The van der Waals surface area contributed by atoms with Crippen LogP contribution in [0, 0.1) is 13.8 Å². The van der Waals surface area contributed by atoms with Crippen molar-refractivity contribution in [1.29, 1.82) is 0 Å². The second kappa shape index (κ2) is 6.56. The van der Waals surface area contributed by atoms with Gasteiger partial charge in [0.05, 0.1) is 15.9 Å². The van der Waals surface area contributed by atoms with Crippen molar-refractivity contribution in [1.82, 2.24) is 19.9 Å². The molecular formula is C15H18BrN5O. The number of halogens is 1. The van der Waals surface area contributed by atoms with E-state index in [-0.39, 0.29) is 6.10 Å². The van der Waals surface area contributed by atoms with Crippen molar-refractivity contribution >= 4 is 21.9 Å². The predicted octanol–water partition coefficient (Wildman–Crippen LogP) is 2.69. The molecule has 1 aliphatic heterocycles. The molecule has 3 rings (SSSR count). The van der Waals surface area contributed by atoms with Crippen molar-refractivity contribution in [3.63, 3.8) is 0 Å². The molecule has 0 atom stereocenters. The second-order valence-electron chi connectivity index (χ2n) is 5.41. The Balaban J connectivity index is 1.60. The lowest BCUT2D eigenvalue weighted by Gasteiger charge is -2.32. The van der Waals surface area contributed by atoms with E-state index in [1.807, 2.05) is 13.8 Å². The highest BCUT2D eigenvalue weighted by Gasteiger charge is 2.23. The lowest BCUT2D eigenvalue weighted by atomic mass is 10.1. The van der Waals surface area contributed by atoms with Crippen molar-refractivity contribution in [3.05, 3.63) is 34.5 Å². The number of anilines is 1. The predicted molar refractivity (Wildman–Crippen MR) is 87.1 cm³/mol. The molecule has 1 aliphatic rings. The normalized spacial score (nSPS) is 15.9. The summed E-state index contributed by atoms with van der Waals surface area (Å²) in [6, 6.07) is 0. The molecule has 0 saturated carbocycles. The molecule has 3 heterocycles. The van der Waals surface area contributed by atoms with E-state index in [9.17, 15) is 0 Å². The summed E-state index contributed by atoms with van der Waals surface area (Å²) in [4.78, 5) is 19.6. The summed E-state index contributed by atoms with van der Waals surface area (Å²) in [5.41, 5.74) is 1.71. The summed E-state index contributed by atoms with van der Waals surface area (Å²) < 4.78 is 6.91. The Labute approximate surface area is 138 Å². The van der Waals surface area contributed by atoms with Crippen LogP contribution in [0.1, 0.15) is 24.2 Å². The molecule has 0 amide bonds. The van der Waals surface area contributed by atoms with E-state index in [2.05, 4.69) is 40.8 Å². The summed E-state index contributed by atoms with van der Waals surface area (Å²) in [6.45, 7) is 5.61. The molecule has 0 spiro atoms. The third-order valence-corrected chi connectivity index (χ3v) is 4.05. The lowest BCUT2D eigenvalue weighted by Crippen LogP contribution is -2.39.